The Kier molecular flexibility index (Phi) is 3.88. The summed E-state index contributed by atoms with van der Waals surface area (Å²) in [5, 5.41) is 6.12. The van der Waals surface area contributed by atoms with Gasteiger partial charge in [-0.05, 0) is 35.2 Å². The lowest BCUT2D eigenvalue weighted by molar-refractivity contribution is 1.21. The van der Waals surface area contributed by atoms with Gasteiger partial charge in [0, 0.05) is 33.3 Å². The smallest absolute Gasteiger partial charge is 0.0807 e. The number of benzene rings is 5. The molecule has 0 atom stereocenters. The molecule has 0 fully saturated rings. The maximum Gasteiger partial charge on any atom is 0.0807 e. The minimum absolute atomic E-state index is 1.03. The van der Waals surface area contributed by atoms with Gasteiger partial charge in [-0.3, -0.25) is 4.98 Å². The molecule has 0 saturated carbocycles. The van der Waals surface area contributed by atoms with Crippen LogP contribution in [0, 0.1) is 0 Å². The van der Waals surface area contributed by atoms with Crippen LogP contribution in [0.4, 0.5) is 0 Å². The van der Waals surface area contributed by atoms with E-state index in [0.29, 0.717) is 0 Å². The lowest BCUT2D eigenvalue weighted by atomic mass is 9.93. The van der Waals surface area contributed by atoms with Gasteiger partial charge in [-0.25, -0.2) is 0 Å². The Morgan fingerprint density at radius 2 is 1.00 bits per heavy atom. The maximum atomic E-state index is 4.93. The number of pyridine rings is 1. The molecular weight excluding hydrogens is 400 g/mol. The van der Waals surface area contributed by atoms with Gasteiger partial charge >= 0.3 is 0 Å². The Hall–Kier alpha value is -4.43. The van der Waals surface area contributed by atoms with Crippen molar-refractivity contribution in [2.45, 2.75) is 0 Å². The van der Waals surface area contributed by atoms with E-state index in [0.717, 1.165) is 10.9 Å². The van der Waals surface area contributed by atoms with Gasteiger partial charge in [0.1, 0.15) is 0 Å². The number of rotatable bonds is 2. The van der Waals surface area contributed by atoms with Crippen LogP contribution in [-0.2, 0) is 0 Å². The van der Waals surface area contributed by atoms with Gasteiger partial charge in [0.2, 0.25) is 0 Å². The molecule has 2 heterocycles. The first-order valence-corrected chi connectivity index (χ1v) is 11.3. The Labute approximate surface area is 191 Å². The molecule has 0 aliphatic carbocycles. The molecule has 0 amide bonds. The molecule has 2 aromatic heterocycles. The summed E-state index contributed by atoms with van der Waals surface area (Å²) in [4.78, 5) is 4.93. The Balaban J connectivity index is 1.75. The van der Waals surface area contributed by atoms with Crippen LogP contribution in [0.2, 0.25) is 0 Å². The van der Waals surface area contributed by atoms with Crippen molar-refractivity contribution in [3.05, 3.63) is 121 Å². The molecule has 0 bridgehead atoms. The van der Waals surface area contributed by atoms with Gasteiger partial charge in [0.15, 0.2) is 0 Å². The second-order valence-electron chi connectivity index (χ2n) is 8.40. The molecule has 2 heteroatoms. The SMILES string of the molecule is c1ccc(-c2c3ccccc3c(-n3c4ccccc4c4ccccc43)c3cccnc23)cc1. The summed E-state index contributed by atoms with van der Waals surface area (Å²) >= 11 is 0. The minimum atomic E-state index is 1.03. The Bertz CT molecular complexity index is 1700. The summed E-state index contributed by atoms with van der Waals surface area (Å²) in [7, 11) is 0. The van der Waals surface area contributed by atoms with Crippen molar-refractivity contribution in [3.8, 4) is 16.8 Å². The molecule has 0 N–H and O–H groups in total. The highest BCUT2D eigenvalue weighted by Gasteiger charge is 2.20. The fraction of sp³-hybridized carbons (Fsp3) is 0. The molecule has 5 aromatic carbocycles. The van der Waals surface area contributed by atoms with Crippen LogP contribution in [0.15, 0.2) is 121 Å². The largest absolute Gasteiger partial charge is 0.308 e. The highest BCUT2D eigenvalue weighted by molar-refractivity contribution is 6.19. The summed E-state index contributed by atoms with van der Waals surface area (Å²) < 4.78 is 2.42. The van der Waals surface area contributed by atoms with Crippen molar-refractivity contribution < 1.29 is 0 Å². The van der Waals surface area contributed by atoms with Gasteiger partial charge in [0.25, 0.3) is 0 Å². The Morgan fingerprint density at radius 1 is 0.455 bits per heavy atom. The third-order valence-electron chi connectivity index (χ3n) is 6.62. The predicted octanol–water partition coefficient (Wildman–Crippen LogP) is 8.15. The fourth-order valence-corrected chi connectivity index (χ4v) is 5.28. The normalized spacial score (nSPS) is 11.6. The quantitative estimate of drug-likeness (QED) is 0.258. The number of para-hydroxylation sites is 2. The molecule has 2 nitrogen and oxygen atoms in total. The zero-order valence-electron chi connectivity index (χ0n) is 17.9. The second-order valence-corrected chi connectivity index (χ2v) is 8.40. The number of hydrogen-bond donors (Lipinski definition) is 0. The summed E-state index contributed by atoms with van der Waals surface area (Å²) in [6.45, 7) is 0. The van der Waals surface area contributed by atoms with E-state index in [1.165, 1.54) is 49.4 Å². The van der Waals surface area contributed by atoms with E-state index in [2.05, 4.69) is 114 Å². The van der Waals surface area contributed by atoms with E-state index in [1.54, 1.807) is 0 Å². The zero-order valence-corrected chi connectivity index (χ0v) is 17.9. The van der Waals surface area contributed by atoms with Crippen LogP contribution in [0.25, 0.3) is 60.3 Å². The standard InChI is InChI=1S/C31H20N2/c1-2-11-21(12-3-1)29-24-15-4-5-16-25(24)31(26-17-10-20-32-30(26)29)33-27-18-8-6-13-22(27)23-14-7-9-19-28(23)33/h1-20H. The molecule has 7 aromatic rings. The first-order valence-electron chi connectivity index (χ1n) is 11.3. The van der Waals surface area contributed by atoms with E-state index < -0.39 is 0 Å². The molecule has 154 valence electrons. The minimum Gasteiger partial charge on any atom is -0.308 e. The molecular formula is C31H20N2. The van der Waals surface area contributed by atoms with Gasteiger partial charge < -0.3 is 4.57 Å². The molecule has 0 aliphatic rings. The fourth-order valence-electron chi connectivity index (χ4n) is 5.28. The highest BCUT2D eigenvalue weighted by Crippen LogP contribution is 2.42. The van der Waals surface area contributed by atoms with Crippen LogP contribution in [0.5, 0.6) is 0 Å². The molecule has 33 heavy (non-hydrogen) atoms. The van der Waals surface area contributed by atoms with Crippen LogP contribution in [0.1, 0.15) is 0 Å². The van der Waals surface area contributed by atoms with Crippen LogP contribution >= 0.6 is 0 Å². The summed E-state index contributed by atoms with van der Waals surface area (Å²) in [6.07, 6.45) is 1.90. The lowest BCUT2D eigenvalue weighted by Crippen LogP contribution is -1.99. The summed E-state index contributed by atoms with van der Waals surface area (Å²) in [5.41, 5.74) is 7.01. The highest BCUT2D eigenvalue weighted by atomic mass is 15.0. The summed E-state index contributed by atoms with van der Waals surface area (Å²) in [5.74, 6) is 0. The lowest BCUT2D eigenvalue weighted by Gasteiger charge is -2.18. The molecule has 7 rings (SSSR count). The van der Waals surface area contributed by atoms with Crippen molar-refractivity contribution in [3.63, 3.8) is 0 Å². The van der Waals surface area contributed by atoms with Gasteiger partial charge in [-0.2, -0.15) is 0 Å². The van der Waals surface area contributed by atoms with Crippen LogP contribution in [-0.4, -0.2) is 9.55 Å². The predicted molar refractivity (Wildman–Crippen MR) is 139 cm³/mol. The monoisotopic (exact) mass is 420 g/mol. The third-order valence-corrected chi connectivity index (χ3v) is 6.62. The zero-order chi connectivity index (χ0) is 21.8. The second kappa shape index (κ2) is 7.04. The van der Waals surface area contributed by atoms with E-state index >= 15 is 0 Å². The maximum absolute atomic E-state index is 4.93. The van der Waals surface area contributed by atoms with Gasteiger partial charge in [-0.15, -0.1) is 0 Å². The van der Waals surface area contributed by atoms with Gasteiger partial charge in [0.05, 0.1) is 22.2 Å². The number of aromatic nitrogens is 2. The van der Waals surface area contributed by atoms with E-state index in [9.17, 15) is 0 Å². The van der Waals surface area contributed by atoms with Crippen molar-refractivity contribution in [2.24, 2.45) is 0 Å². The van der Waals surface area contributed by atoms with Gasteiger partial charge in [-0.1, -0.05) is 91.0 Å². The number of fused-ring (bicyclic) bond motifs is 5. The average Bonchev–Trinajstić information content (AvgIpc) is 3.22. The molecule has 0 saturated heterocycles. The Morgan fingerprint density at radius 3 is 1.70 bits per heavy atom. The molecule has 0 unspecified atom stereocenters. The number of nitrogens with zero attached hydrogens (tertiary/aromatic N) is 2. The number of hydrogen-bond acceptors (Lipinski definition) is 1. The third kappa shape index (κ3) is 2.58. The topological polar surface area (TPSA) is 17.8 Å². The molecule has 0 spiro atoms. The first-order chi connectivity index (χ1) is 16.4. The van der Waals surface area contributed by atoms with Crippen molar-refractivity contribution in [1.29, 1.82) is 0 Å². The first kappa shape index (κ1) is 18.2. The van der Waals surface area contributed by atoms with Crippen molar-refractivity contribution in [2.75, 3.05) is 0 Å². The van der Waals surface area contributed by atoms with E-state index in [4.69, 9.17) is 4.98 Å². The van der Waals surface area contributed by atoms with E-state index in [1.807, 2.05) is 12.3 Å². The van der Waals surface area contributed by atoms with Crippen LogP contribution in [0.3, 0.4) is 0 Å². The summed E-state index contributed by atoms with van der Waals surface area (Å²) in [6, 6.07) is 41.0. The molecule has 0 aliphatic heterocycles. The molecule has 0 radical (unpaired) electrons. The van der Waals surface area contributed by atoms with E-state index in [-0.39, 0.29) is 0 Å². The van der Waals surface area contributed by atoms with Crippen LogP contribution < -0.4 is 0 Å². The van der Waals surface area contributed by atoms with Crippen molar-refractivity contribution in [1.82, 2.24) is 9.55 Å². The average molecular weight is 421 g/mol. The van der Waals surface area contributed by atoms with Crippen molar-refractivity contribution >= 4 is 43.5 Å².